The molecular formula is C24H35N7O8. The monoisotopic (exact) mass is 549 g/mol. The predicted molar refractivity (Wildman–Crippen MR) is 137 cm³/mol. The van der Waals surface area contributed by atoms with Crippen molar-refractivity contribution < 1.29 is 38.7 Å². The van der Waals surface area contributed by atoms with Crippen LogP contribution in [0, 0.1) is 0 Å². The molecule has 0 saturated heterocycles. The number of carboxylic acid groups (broad SMARTS) is 1. The van der Waals surface area contributed by atoms with Crippen LogP contribution in [0.4, 0.5) is 0 Å². The van der Waals surface area contributed by atoms with Gasteiger partial charge in [0.1, 0.15) is 18.1 Å². The van der Waals surface area contributed by atoms with Crippen molar-refractivity contribution in [1.29, 1.82) is 0 Å². The van der Waals surface area contributed by atoms with Gasteiger partial charge in [-0.2, -0.15) is 0 Å². The van der Waals surface area contributed by atoms with Gasteiger partial charge in [-0.1, -0.05) is 30.3 Å². The Kier molecular flexibility index (Phi) is 13.6. The number of hydrogen-bond acceptors (Lipinski definition) is 8. The fourth-order valence-corrected chi connectivity index (χ4v) is 3.44. The summed E-state index contributed by atoms with van der Waals surface area (Å²) in [6, 6.07) is 3.49. The molecule has 1 aromatic rings. The molecule has 0 saturated carbocycles. The number of nitrogens with two attached hydrogens (primary N) is 4. The Morgan fingerprint density at radius 2 is 1.03 bits per heavy atom. The minimum Gasteiger partial charge on any atom is -0.480 e. The third-order valence-corrected chi connectivity index (χ3v) is 5.55. The Balaban J connectivity index is 3.03. The van der Waals surface area contributed by atoms with E-state index in [-0.39, 0.29) is 44.9 Å². The third-order valence-electron chi connectivity index (χ3n) is 5.55. The maximum absolute atomic E-state index is 13.1. The molecule has 4 unspecified atom stereocenters. The summed E-state index contributed by atoms with van der Waals surface area (Å²) in [7, 11) is 0. The molecule has 39 heavy (non-hydrogen) atoms. The van der Waals surface area contributed by atoms with Crippen LogP contribution >= 0.6 is 0 Å². The Bertz CT molecular complexity index is 1050. The second-order valence-electron chi connectivity index (χ2n) is 8.83. The Morgan fingerprint density at radius 3 is 1.44 bits per heavy atom. The molecule has 0 aliphatic carbocycles. The van der Waals surface area contributed by atoms with Gasteiger partial charge >= 0.3 is 5.97 Å². The van der Waals surface area contributed by atoms with E-state index >= 15 is 0 Å². The molecule has 0 radical (unpaired) electrons. The zero-order chi connectivity index (χ0) is 29.5. The molecule has 0 fully saturated rings. The van der Waals surface area contributed by atoms with Crippen molar-refractivity contribution >= 4 is 41.4 Å². The van der Waals surface area contributed by atoms with Crippen LogP contribution in [0.25, 0.3) is 0 Å². The van der Waals surface area contributed by atoms with Gasteiger partial charge in [-0.15, -0.1) is 0 Å². The van der Waals surface area contributed by atoms with Gasteiger partial charge in [0.2, 0.25) is 35.4 Å². The molecule has 0 spiro atoms. The lowest BCUT2D eigenvalue weighted by Crippen LogP contribution is -2.57. The van der Waals surface area contributed by atoms with Gasteiger partial charge in [0.05, 0.1) is 6.04 Å². The van der Waals surface area contributed by atoms with E-state index in [1.165, 1.54) is 0 Å². The molecule has 214 valence electrons. The molecule has 12 N–H and O–H groups in total. The number of amides is 6. The number of benzene rings is 1. The van der Waals surface area contributed by atoms with Crippen LogP contribution in [0.15, 0.2) is 30.3 Å². The predicted octanol–water partition coefficient (Wildman–Crippen LogP) is -3.11. The summed E-state index contributed by atoms with van der Waals surface area (Å²) >= 11 is 0. The van der Waals surface area contributed by atoms with Gasteiger partial charge in [0.15, 0.2) is 0 Å². The van der Waals surface area contributed by atoms with Gasteiger partial charge in [-0.3, -0.25) is 28.8 Å². The minimum absolute atomic E-state index is 0.155. The number of carboxylic acids is 1. The van der Waals surface area contributed by atoms with Gasteiger partial charge in [-0.25, -0.2) is 4.79 Å². The van der Waals surface area contributed by atoms with Gasteiger partial charge in [0.25, 0.3) is 0 Å². The molecular weight excluding hydrogens is 514 g/mol. The summed E-state index contributed by atoms with van der Waals surface area (Å²) in [5.74, 6) is -6.39. The second kappa shape index (κ2) is 16.3. The van der Waals surface area contributed by atoms with E-state index in [0.29, 0.717) is 0 Å². The minimum atomic E-state index is -1.51. The average molecular weight is 550 g/mol. The fraction of sp³-hybridized carbons (Fsp3) is 0.458. The number of hydrogen-bond donors (Lipinski definition) is 8. The van der Waals surface area contributed by atoms with E-state index in [0.717, 1.165) is 5.56 Å². The van der Waals surface area contributed by atoms with E-state index in [9.17, 15) is 38.7 Å². The van der Waals surface area contributed by atoms with Crippen LogP contribution in [0.1, 0.15) is 44.1 Å². The normalized spacial score (nSPS) is 13.7. The summed E-state index contributed by atoms with van der Waals surface area (Å²) in [5, 5.41) is 16.3. The molecule has 15 heteroatoms. The Labute approximate surface area is 224 Å². The number of aliphatic carboxylic acids is 1. The fourth-order valence-electron chi connectivity index (χ4n) is 3.44. The number of carbonyl (C=O) groups excluding carboxylic acids is 6. The Hall–Kier alpha value is -4.53. The number of primary amides is 3. The van der Waals surface area contributed by atoms with Gasteiger partial charge in [0, 0.05) is 19.3 Å². The van der Waals surface area contributed by atoms with Crippen molar-refractivity contribution in [2.75, 3.05) is 0 Å². The lowest BCUT2D eigenvalue weighted by atomic mass is 10.0. The van der Waals surface area contributed by atoms with Crippen LogP contribution < -0.4 is 38.9 Å². The van der Waals surface area contributed by atoms with E-state index in [1.54, 1.807) is 30.3 Å². The van der Waals surface area contributed by atoms with Gasteiger partial charge in [-0.05, 0) is 31.2 Å². The highest BCUT2D eigenvalue weighted by molar-refractivity contribution is 5.94. The summed E-state index contributed by atoms with van der Waals surface area (Å²) in [6.07, 6.45) is -1.67. The zero-order valence-electron chi connectivity index (χ0n) is 21.3. The van der Waals surface area contributed by atoms with Crippen molar-refractivity contribution in [2.45, 2.75) is 69.1 Å². The van der Waals surface area contributed by atoms with Crippen molar-refractivity contribution in [2.24, 2.45) is 22.9 Å². The summed E-state index contributed by atoms with van der Waals surface area (Å²) in [6.45, 7) is 0. The first-order valence-electron chi connectivity index (χ1n) is 12.1. The van der Waals surface area contributed by atoms with Crippen molar-refractivity contribution in [3.8, 4) is 0 Å². The first kappa shape index (κ1) is 32.5. The Morgan fingerprint density at radius 1 is 0.641 bits per heavy atom. The smallest absolute Gasteiger partial charge is 0.326 e. The standard InChI is InChI=1S/C24H35N7O8/c25-14(12-13-4-2-1-3-5-13)21(35)29-15(6-9-18(26)32)22(36)30-16(7-10-19(27)33)23(37)31-17(24(38)39)8-11-20(28)34/h1-5,14-17H,6-12,25H2,(H2,26,32)(H2,27,33)(H2,28,34)(H,29,35)(H,30,36)(H,31,37)(H,38,39). The maximum atomic E-state index is 13.1. The number of nitrogens with one attached hydrogen (secondary N) is 3. The number of carbonyl (C=O) groups is 7. The lowest BCUT2D eigenvalue weighted by Gasteiger charge is -2.25. The highest BCUT2D eigenvalue weighted by Crippen LogP contribution is 2.07. The van der Waals surface area contributed by atoms with E-state index in [4.69, 9.17) is 22.9 Å². The maximum Gasteiger partial charge on any atom is 0.326 e. The van der Waals surface area contributed by atoms with Crippen molar-refractivity contribution in [1.82, 2.24) is 16.0 Å². The summed E-state index contributed by atoms with van der Waals surface area (Å²) < 4.78 is 0. The van der Waals surface area contributed by atoms with Gasteiger partial charge < -0.3 is 44.0 Å². The second-order valence-corrected chi connectivity index (χ2v) is 8.83. The molecule has 1 rings (SSSR count). The van der Waals surface area contributed by atoms with Crippen LogP contribution in [-0.2, 0) is 40.0 Å². The van der Waals surface area contributed by atoms with E-state index in [2.05, 4.69) is 16.0 Å². The molecule has 0 heterocycles. The summed E-state index contributed by atoms with van der Waals surface area (Å²) in [5.41, 5.74) is 22.1. The average Bonchev–Trinajstić information content (AvgIpc) is 2.86. The van der Waals surface area contributed by atoms with E-state index < -0.39 is 65.6 Å². The molecule has 6 amide bonds. The van der Waals surface area contributed by atoms with E-state index in [1.807, 2.05) is 0 Å². The molecule has 0 aromatic heterocycles. The summed E-state index contributed by atoms with van der Waals surface area (Å²) in [4.78, 5) is 83.8. The third kappa shape index (κ3) is 13.0. The highest BCUT2D eigenvalue weighted by atomic mass is 16.4. The first-order valence-corrected chi connectivity index (χ1v) is 12.1. The van der Waals surface area contributed by atoms with Crippen LogP contribution in [0.5, 0.6) is 0 Å². The molecule has 0 aliphatic rings. The van der Waals surface area contributed by atoms with Crippen LogP contribution in [-0.4, -0.2) is 70.7 Å². The van der Waals surface area contributed by atoms with Crippen LogP contribution in [0.3, 0.4) is 0 Å². The number of rotatable bonds is 18. The largest absolute Gasteiger partial charge is 0.480 e. The SMILES string of the molecule is NC(=O)CCC(NC(=O)C(CCC(N)=O)NC(=O)C(CCC(N)=O)NC(=O)C(N)Cc1ccccc1)C(=O)O. The highest BCUT2D eigenvalue weighted by Gasteiger charge is 2.31. The lowest BCUT2D eigenvalue weighted by molar-refractivity contribution is -0.142. The zero-order valence-corrected chi connectivity index (χ0v) is 21.3. The molecule has 4 atom stereocenters. The first-order chi connectivity index (χ1) is 18.3. The molecule has 15 nitrogen and oxygen atoms in total. The molecule has 0 bridgehead atoms. The van der Waals surface area contributed by atoms with Crippen LogP contribution in [0.2, 0.25) is 0 Å². The molecule has 1 aromatic carbocycles. The quantitative estimate of drug-likeness (QED) is 0.0918. The molecule has 0 aliphatic heterocycles. The topological polar surface area (TPSA) is 280 Å². The van der Waals surface area contributed by atoms with Crippen molar-refractivity contribution in [3.05, 3.63) is 35.9 Å². The van der Waals surface area contributed by atoms with Crippen molar-refractivity contribution in [3.63, 3.8) is 0 Å².